The Balaban J connectivity index is 2.31. The van der Waals surface area contributed by atoms with E-state index < -0.39 is 11.5 Å². The van der Waals surface area contributed by atoms with E-state index in [9.17, 15) is 14.7 Å². The number of rotatable bonds is 2. The summed E-state index contributed by atoms with van der Waals surface area (Å²) in [5, 5.41) is 9.31. The van der Waals surface area contributed by atoms with Gasteiger partial charge in [0.05, 0.1) is 4.88 Å². The predicted molar refractivity (Wildman–Crippen MR) is 70.1 cm³/mol. The monoisotopic (exact) mass is 267 g/mol. The summed E-state index contributed by atoms with van der Waals surface area (Å²) in [6, 6.07) is 1.85. The van der Waals surface area contributed by atoms with Gasteiger partial charge in [0.15, 0.2) is 0 Å². The Kier molecular flexibility index (Phi) is 3.19. The SMILES string of the molecule is Cc1cc(C(=O)N2CCCC2(C)C(=O)O)sc1C. The minimum Gasteiger partial charge on any atom is -0.480 e. The highest BCUT2D eigenvalue weighted by Crippen LogP contribution is 2.32. The summed E-state index contributed by atoms with van der Waals surface area (Å²) in [7, 11) is 0. The number of aryl methyl sites for hydroxylation is 2. The average molecular weight is 267 g/mol. The molecule has 2 heterocycles. The second kappa shape index (κ2) is 4.39. The molecule has 1 aliphatic heterocycles. The van der Waals surface area contributed by atoms with Gasteiger partial charge in [-0.25, -0.2) is 4.79 Å². The van der Waals surface area contributed by atoms with Gasteiger partial charge in [-0.05, 0) is 45.2 Å². The van der Waals surface area contributed by atoms with Crippen molar-refractivity contribution in [3.05, 3.63) is 21.4 Å². The van der Waals surface area contributed by atoms with E-state index in [0.29, 0.717) is 17.8 Å². The van der Waals surface area contributed by atoms with Crippen molar-refractivity contribution in [2.75, 3.05) is 6.54 Å². The molecular weight excluding hydrogens is 250 g/mol. The molecule has 0 aliphatic carbocycles. The van der Waals surface area contributed by atoms with E-state index in [1.807, 2.05) is 19.9 Å². The maximum absolute atomic E-state index is 12.4. The number of hydrogen-bond acceptors (Lipinski definition) is 3. The minimum atomic E-state index is -1.05. The molecule has 98 valence electrons. The Labute approximate surface area is 110 Å². The molecule has 5 heteroatoms. The number of nitrogens with zero attached hydrogens (tertiary/aromatic N) is 1. The smallest absolute Gasteiger partial charge is 0.329 e. The highest BCUT2D eigenvalue weighted by atomic mass is 32.1. The van der Waals surface area contributed by atoms with Crippen LogP contribution in [0.2, 0.25) is 0 Å². The van der Waals surface area contributed by atoms with E-state index >= 15 is 0 Å². The molecular formula is C13H17NO3S. The predicted octanol–water partition coefficient (Wildman–Crippen LogP) is 2.44. The maximum atomic E-state index is 12.4. The lowest BCUT2D eigenvalue weighted by Crippen LogP contribution is -2.50. The Morgan fingerprint density at radius 1 is 1.44 bits per heavy atom. The minimum absolute atomic E-state index is 0.154. The van der Waals surface area contributed by atoms with Crippen molar-refractivity contribution in [2.45, 2.75) is 39.2 Å². The number of aliphatic carboxylic acids is 1. The van der Waals surface area contributed by atoms with Crippen molar-refractivity contribution < 1.29 is 14.7 Å². The molecule has 1 aliphatic rings. The zero-order valence-corrected chi connectivity index (χ0v) is 11.6. The molecule has 1 N–H and O–H groups in total. The molecule has 2 rings (SSSR count). The summed E-state index contributed by atoms with van der Waals surface area (Å²) in [6.07, 6.45) is 1.27. The molecule has 0 bridgehead atoms. The second-order valence-electron chi connectivity index (χ2n) is 4.99. The number of carboxylic acid groups (broad SMARTS) is 1. The van der Waals surface area contributed by atoms with Crippen LogP contribution < -0.4 is 0 Å². The number of likely N-dealkylation sites (tertiary alicyclic amines) is 1. The molecule has 1 fully saturated rings. The second-order valence-corrected chi connectivity index (χ2v) is 6.25. The van der Waals surface area contributed by atoms with Crippen LogP contribution in [0.4, 0.5) is 0 Å². The third-order valence-electron chi connectivity index (χ3n) is 3.72. The van der Waals surface area contributed by atoms with Crippen LogP contribution in [0, 0.1) is 13.8 Å². The Bertz CT molecular complexity index is 489. The Morgan fingerprint density at radius 3 is 2.61 bits per heavy atom. The number of carbonyl (C=O) groups excluding carboxylic acids is 1. The van der Waals surface area contributed by atoms with E-state index in [1.54, 1.807) is 6.92 Å². The molecule has 1 aromatic rings. The molecule has 0 spiro atoms. The van der Waals surface area contributed by atoms with Crippen molar-refractivity contribution in [2.24, 2.45) is 0 Å². The number of carboxylic acids is 1. The van der Waals surface area contributed by atoms with Gasteiger partial charge in [0, 0.05) is 11.4 Å². The van der Waals surface area contributed by atoms with E-state index in [4.69, 9.17) is 0 Å². The molecule has 4 nitrogen and oxygen atoms in total. The van der Waals surface area contributed by atoms with Gasteiger partial charge in [-0.2, -0.15) is 0 Å². The van der Waals surface area contributed by atoms with Crippen LogP contribution in [-0.2, 0) is 4.79 Å². The summed E-state index contributed by atoms with van der Waals surface area (Å²) >= 11 is 1.44. The number of hydrogen-bond donors (Lipinski definition) is 1. The van der Waals surface area contributed by atoms with Crippen molar-refractivity contribution in [3.8, 4) is 0 Å². The van der Waals surface area contributed by atoms with Gasteiger partial charge in [0.2, 0.25) is 0 Å². The van der Waals surface area contributed by atoms with Crippen molar-refractivity contribution in [3.63, 3.8) is 0 Å². The van der Waals surface area contributed by atoms with Gasteiger partial charge < -0.3 is 10.0 Å². The van der Waals surface area contributed by atoms with Gasteiger partial charge >= 0.3 is 5.97 Å². The summed E-state index contributed by atoms with van der Waals surface area (Å²) < 4.78 is 0. The largest absolute Gasteiger partial charge is 0.480 e. The molecule has 1 saturated heterocycles. The van der Waals surface area contributed by atoms with E-state index in [1.165, 1.54) is 16.2 Å². The van der Waals surface area contributed by atoms with E-state index in [0.717, 1.165) is 16.9 Å². The highest BCUT2D eigenvalue weighted by molar-refractivity contribution is 7.14. The van der Waals surface area contributed by atoms with E-state index in [-0.39, 0.29) is 5.91 Å². The molecule has 1 aromatic heterocycles. The molecule has 0 aromatic carbocycles. The van der Waals surface area contributed by atoms with Crippen LogP contribution in [0.3, 0.4) is 0 Å². The molecule has 1 unspecified atom stereocenters. The zero-order valence-electron chi connectivity index (χ0n) is 10.8. The first-order chi connectivity index (χ1) is 8.36. The summed E-state index contributed by atoms with van der Waals surface area (Å²) in [6.45, 7) is 6.09. The van der Waals surface area contributed by atoms with Gasteiger partial charge in [0.1, 0.15) is 5.54 Å². The first kappa shape index (κ1) is 13.1. The first-order valence-electron chi connectivity index (χ1n) is 5.98. The fraction of sp³-hybridized carbons (Fsp3) is 0.538. The first-order valence-corrected chi connectivity index (χ1v) is 6.80. The Morgan fingerprint density at radius 2 is 2.11 bits per heavy atom. The van der Waals surface area contributed by atoms with E-state index in [2.05, 4.69) is 0 Å². The lowest BCUT2D eigenvalue weighted by atomic mass is 9.99. The van der Waals surface area contributed by atoms with Gasteiger partial charge in [-0.3, -0.25) is 4.79 Å². The molecule has 1 amide bonds. The summed E-state index contributed by atoms with van der Waals surface area (Å²) in [5.41, 5.74) is 0.0302. The lowest BCUT2D eigenvalue weighted by molar-refractivity contribution is -0.147. The number of carbonyl (C=O) groups is 2. The molecule has 0 radical (unpaired) electrons. The average Bonchev–Trinajstić information content (AvgIpc) is 2.84. The quantitative estimate of drug-likeness (QED) is 0.895. The number of thiophene rings is 1. The van der Waals surface area contributed by atoms with Crippen LogP contribution >= 0.6 is 11.3 Å². The van der Waals surface area contributed by atoms with Crippen LogP contribution in [0.25, 0.3) is 0 Å². The third-order valence-corrected chi connectivity index (χ3v) is 4.86. The van der Waals surface area contributed by atoms with Crippen LogP contribution in [0.15, 0.2) is 6.07 Å². The third kappa shape index (κ3) is 1.92. The van der Waals surface area contributed by atoms with Crippen LogP contribution in [0.5, 0.6) is 0 Å². The van der Waals surface area contributed by atoms with Gasteiger partial charge in [-0.1, -0.05) is 0 Å². The van der Waals surface area contributed by atoms with Gasteiger partial charge in [-0.15, -0.1) is 11.3 Å². The Hall–Kier alpha value is -1.36. The standard InChI is InChI=1S/C13H17NO3S/c1-8-7-10(18-9(8)2)11(15)14-6-4-5-13(14,3)12(16)17/h7H,4-6H2,1-3H3,(H,16,17). The molecule has 18 heavy (non-hydrogen) atoms. The molecule has 1 atom stereocenters. The van der Waals surface area contributed by atoms with Gasteiger partial charge in [0.25, 0.3) is 5.91 Å². The number of amides is 1. The van der Waals surface area contributed by atoms with Crippen LogP contribution in [-0.4, -0.2) is 34.0 Å². The zero-order chi connectivity index (χ0) is 13.5. The van der Waals surface area contributed by atoms with Crippen LogP contribution in [0.1, 0.15) is 39.9 Å². The van der Waals surface area contributed by atoms with Crippen molar-refractivity contribution in [1.29, 1.82) is 0 Å². The summed E-state index contributed by atoms with van der Waals surface area (Å²) in [5.74, 6) is -1.07. The maximum Gasteiger partial charge on any atom is 0.329 e. The van der Waals surface area contributed by atoms with Crippen molar-refractivity contribution >= 4 is 23.2 Å². The fourth-order valence-corrected chi connectivity index (χ4v) is 3.31. The molecule has 0 saturated carbocycles. The fourth-order valence-electron chi connectivity index (χ4n) is 2.32. The highest BCUT2D eigenvalue weighted by Gasteiger charge is 2.46. The summed E-state index contributed by atoms with van der Waals surface area (Å²) in [4.78, 5) is 27.0. The topological polar surface area (TPSA) is 57.6 Å². The van der Waals surface area contributed by atoms with Crippen molar-refractivity contribution in [1.82, 2.24) is 4.90 Å². The lowest BCUT2D eigenvalue weighted by Gasteiger charge is -2.30. The normalized spacial score (nSPS) is 23.4.